The Bertz CT molecular complexity index is 1110. The molecule has 2 heterocycles. The molecule has 0 amide bonds. The van der Waals surface area contributed by atoms with Crippen LogP contribution < -0.4 is 4.90 Å². The lowest BCUT2D eigenvalue weighted by molar-refractivity contribution is 0.122. The zero-order valence-electron chi connectivity index (χ0n) is 15.6. The van der Waals surface area contributed by atoms with E-state index in [9.17, 15) is 0 Å². The van der Waals surface area contributed by atoms with E-state index in [2.05, 4.69) is 76.6 Å². The van der Waals surface area contributed by atoms with Crippen molar-refractivity contribution in [2.75, 3.05) is 31.2 Å². The first-order chi connectivity index (χ1) is 13.9. The molecule has 1 aliphatic heterocycles. The van der Waals surface area contributed by atoms with Crippen LogP contribution in [-0.4, -0.2) is 36.3 Å². The number of fused-ring (bicyclic) bond motifs is 1. The lowest BCUT2D eigenvalue weighted by atomic mass is 9.99. The van der Waals surface area contributed by atoms with Crippen LogP contribution >= 0.6 is 0 Å². The third kappa shape index (κ3) is 3.35. The van der Waals surface area contributed by atoms with Gasteiger partial charge in [0.2, 0.25) is 0 Å². The normalized spacial score (nSPS) is 14.4. The number of ether oxygens (including phenoxy) is 1. The summed E-state index contributed by atoms with van der Waals surface area (Å²) in [7, 11) is 0. The first kappa shape index (κ1) is 16.9. The zero-order chi connectivity index (χ0) is 18.8. The van der Waals surface area contributed by atoms with E-state index in [0.717, 1.165) is 48.7 Å². The molecule has 5 rings (SSSR count). The third-order valence-electron chi connectivity index (χ3n) is 5.17. The Morgan fingerprint density at radius 3 is 2.21 bits per heavy atom. The molecule has 4 heteroatoms. The molecule has 3 aromatic carbocycles. The van der Waals surface area contributed by atoms with Crippen molar-refractivity contribution in [3.05, 3.63) is 79.0 Å². The topological polar surface area (TPSA) is 38.2 Å². The second-order valence-electron chi connectivity index (χ2n) is 6.98. The highest BCUT2D eigenvalue weighted by Gasteiger charge is 2.13. The molecular weight excluding hydrogens is 346 g/mol. The average Bonchev–Trinajstić information content (AvgIpc) is 2.79. The molecule has 1 aromatic heterocycles. The molecule has 1 saturated heterocycles. The molecule has 0 atom stereocenters. The minimum atomic E-state index is 0.742. The molecule has 138 valence electrons. The van der Waals surface area contributed by atoms with Gasteiger partial charge in [-0.15, -0.1) is 0 Å². The Kier molecular flexibility index (Phi) is 4.47. The largest absolute Gasteiger partial charge is 0.378 e. The van der Waals surface area contributed by atoms with Crippen LogP contribution in [0, 0.1) is 0 Å². The van der Waals surface area contributed by atoms with Crippen LogP contribution in [0.15, 0.2) is 79.0 Å². The summed E-state index contributed by atoms with van der Waals surface area (Å²) in [6, 6.07) is 25.4. The second-order valence-corrected chi connectivity index (χ2v) is 6.98. The number of morpholine rings is 1. The van der Waals surface area contributed by atoms with Gasteiger partial charge in [0, 0.05) is 13.1 Å². The average molecular weight is 367 g/mol. The van der Waals surface area contributed by atoms with Gasteiger partial charge in [0.05, 0.1) is 30.4 Å². The van der Waals surface area contributed by atoms with E-state index in [4.69, 9.17) is 9.72 Å². The fraction of sp³-hybridized carbons (Fsp3) is 0.167. The van der Waals surface area contributed by atoms with E-state index >= 15 is 0 Å². The van der Waals surface area contributed by atoms with Gasteiger partial charge in [-0.1, -0.05) is 54.6 Å². The highest BCUT2D eigenvalue weighted by atomic mass is 16.5. The summed E-state index contributed by atoms with van der Waals surface area (Å²) in [6.07, 6.45) is 1.86. The zero-order valence-corrected chi connectivity index (χ0v) is 15.6. The van der Waals surface area contributed by atoms with E-state index < -0.39 is 0 Å². The molecule has 0 bridgehead atoms. The number of rotatable bonds is 3. The van der Waals surface area contributed by atoms with E-state index in [-0.39, 0.29) is 0 Å². The molecule has 0 unspecified atom stereocenters. The van der Waals surface area contributed by atoms with Gasteiger partial charge in [-0.05, 0) is 40.5 Å². The highest BCUT2D eigenvalue weighted by Crippen LogP contribution is 2.28. The SMILES string of the molecule is c1ccc(-c2cccc(-c3ccc4ncc(N5CCOCC5)nc4c3)c2)cc1. The van der Waals surface area contributed by atoms with E-state index in [0.29, 0.717) is 0 Å². The molecule has 1 fully saturated rings. The summed E-state index contributed by atoms with van der Waals surface area (Å²) in [5, 5.41) is 0. The van der Waals surface area contributed by atoms with Gasteiger partial charge in [-0.25, -0.2) is 4.98 Å². The maximum atomic E-state index is 5.44. The van der Waals surface area contributed by atoms with Crippen molar-refractivity contribution in [1.29, 1.82) is 0 Å². The second kappa shape index (κ2) is 7.41. The molecule has 0 spiro atoms. The van der Waals surface area contributed by atoms with Gasteiger partial charge >= 0.3 is 0 Å². The molecule has 0 N–H and O–H groups in total. The fourth-order valence-electron chi connectivity index (χ4n) is 3.64. The van der Waals surface area contributed by atoms with Gasteiger partial charge in [0.1, 0.15) is 5.82 Å². The van der Waals surface area contributed by atoms with Crippen molar-refractivity contribution in [1.82, 2.24) is 9.97 Å². The maximum absolute atomic E-state index is 5.44. The van der Waals surface area contributed by atoms with Crippen LogP contribution in [0.25, 0.3) is 33.3 Å². The first-order valence-corrected chi connectivity index (χ1v) is 9.62. The van der Waals surface area contributed by atoms with Crippen molar-refractivity contribution in [2.45, 2.75) is 0 Å². The molecule has 4 nitrogen and oxygen atoms in total. The Labute approximate surface area is 164 Å². The summed E-state index contributed by atoms with van der Waals surface area (Å²) >= 11 is 0. The molecule has 28 heavy (non-hydrogen) atoms. The molecule has 0 aliphatic carbocycles. The summed E-state index contributed by atoms with van der Waals surface area (Å²) in [6.45, 7) is 3.20. The number of aromatic nitrogens is 2. The number of anilines is 1. The van der Waals surface area contributed by atoms with E-state index in [1.54, 1.807) is 0 Å². The van der Waals surface area contributed by atoms with Crippen molar-refractivity contribution in [3.8, 4) is 22.3 Å². The minimum absolute atomic E-state index is 0.742. The van der Waals surface area contributed by atoms with Gasteiger partial charge in [0.15, 0.2) is 0 Å². The molecule has 0 saturated carbocycles. The number of hydrogen-bond acceptors (Lipinski definition) is 4. The van der Waals surface area contributed by atoms with E-state index in [1.807, 2.05) is 12.3 Å². The van der Waals surface area contributed by atoms with Crippen molar-refractivity contribution in [3.63, 3.8) is 0 Å². The summed E-state index contributed by atoms with van der Waals surface area (Å²) < 4.78 is 5.44. The number of nitrogens with zero attached hydrogens (tertiary/aromatic N) is 3. The Morgan fingerprint density at radius 2 is 1.39 bits per heavy atom. The predicted molar refractivity (Wildman–Crippen MR) is 113 cm³/mol. The van der Waals surface area contributed by atoms with Crippen molar-refractivity contribution < 1.29 is 4.74 Å². The van der Waals surface area contributed by atoms with Crippen LogP contribution in [0.2, 0.25) is 0 Å². The minimum Gasteiger partial charge on any atom is -0.378 e. The molecule has 1 aliphatic rings. The summed E-state index contributed by atoms with van der Waals surface area (Å²) in [5.41, 5.74) is 6.61. The Hall–Kier alpha value is -3.24. The van der Waals surface area contributed by atoms with Crippen LogP contribution in [0.5, 0.6) is 0 Å². The third-order valence-corrected chi connectivity index (χ3v) is 5.17. The van der Waals surface area contributed by atoms with Gasteiger partial charge < -0.3 is 9.64 Å². The predicted octanol–water partition coefficient (Wildman–Crippen LogP) is 4.80. The lowest BCUT2D eigenvalue weighted by Gasteiger charge is -2.27. The van der Waals surface area contributed by atoms with Crippen LogP contribution in [0.3, 0.4) is 0 Å². The fourth-order valence-corrected chi connectivity index (χ4v) is 3.64. The Balaban J connectivity index is 1.52. The standard InChI is InChI=1S/C24H21N3O/c1-2-5-18(6-3-1)19-7-4-8-20(15-19)21-9-10-22-23(16-21)26-24(17-25-22)27-11-13-28-14-12-27/h1-10,15-17H,11-14H2. The molecule has 0 radical (unpaired) electrons. The molecular formula is C24H21N3O. The summed E-state index contributed by atoms with van der Waals surface area (Å²) in [5.74, 6) is 0.922. The quantitative estimate of drug-likeness (QED) is 0.521. The Morgan fingerprint density at radius 1 is 0.679 bits per heavy atom. The highest BCUT2D eigenvalue weighted by molar-refractivity contribution is 5.83. The van der Waals surface area contributed by atoms with Crippen molar-refractivity contribution >= 4 is 16.9 Å². The van der Waals surface area contributed by atoms with Crippen molar-refractivity contribution in [2.24, 2.45) is 0 Å². The number of hydrogen-bond donors (Lipinski definition) is 0. The summed E-state index contributed by atoms with van der Waals surface area (Å²) in [4.78, 5) is 11.7. The van der Waals surface area contributed by atoms with E-state index in [1.165, 1.54) is 16.7 Å². The van der Waals surface area contributed by atoms with Gasteiger partial charge in [-0.2, -0.15) is 0 Å². The first-order valence-electron chi connectivity index (χ1n) is 9.62. The monoisotopic (exact) mass is 367 g/mol. The maximum Gasteiger partial charge on any atom is 0.148 e. The van der Waals surface area contributed by atoms with Crippen LogP contribution in [-0.2, 0) is 4.74 Å². The smallest absolute Gasteiger partial charge is 0.148 e. The van der Waals surface area contributed by atoms with Crippen LogP contribution in [0.4, 0.5) is 5.82 Å². The number of benzene rings is 3. The lowest BCUT2D eigenvalue weighted by Crippen LogP contribution is -2.36. The van der Waals surface area contributed by atoms with Crippen LogP contribution in [0.1, 0.15) is 0 Å². The van der Waals surface area contributed by atoms with Gasteiger partial charge in [-0.3, -0.25) is 4.98 Å². The molecule has 4 aromatic rings. The van der Waals surface area contributed by atoms with Gasteiger partial charge in [0.25, 0.3) is 0 Å².